The van der Waals surface area contributed by atoms with E-state index in [0.717, 1.165) is 18.2 Å². The first-order valence-corrected chi connectivity index (χ1v) is 8.52. The highest BCUT2D eigenvalue weighted by atomic mass is 32.2. The van der Waals surface area contributed by atoms with E-state index in [1.54, 1.807) is 18.2 Å². The molecule has 25 heavy (non-hydrogen) atoms. The first kappa shape index (κ1) is 17.3. The third-order valence-electron chi connectivity index (χ3n) is 3.38. The summed E-state index contributed by atoms with van der Waals surface area (Å²) < 4.78 is 75.1. The van der Waals surface area contributed by atoms with Crippen molar-refractivity contribution in [1.82, 2.24) is 4.72 Å². The summed E-state index contributed by atoms with van der Waals surface area (Å²) >= 11 is 0. The van der Waals surface area contributed by atoms with Gasteiger partial charge in [-0.15, -0.1) is 0 Å². The molecule has 0 aliphatic rings. The molecule has 0 bridgehead atoms. The number of nitrogens with one attached hydrogen (secondary N) is 1. The number of sulfonamides is 1. The van der Waals surface area contributed by atoms with E-state index in [9.17, 15) is 21.6 Å². The highest BCUT2D eigenvalue weighted by molar-refractivity contribution is 7.89. The molecule has 3 aromatic rings. The Hall–Kier alpha value is -2.52. The molecule has 0 aliphatic carbocycles. The van der Waals surface area contributed by atoms with E-state index >= 15 is 0 Å². The van der Waals surface area contributed by atoms with Crippen LogP contribution in [0.15, 0.2) is 68.7 Å². The standard InChI is InChI=1S/C16H12F3NO4S/c17-16(18,19)12-2-1-3-14(8-12)25(21,22)20-9-13-4-5-15(24-13)11-6-7-23-10-11/h1-8,10,20H,9H2. The summed E-state index contributed by atoms with van der Waals surface area (Å²) in [7, 11) is -4.11. The van der Waals surface area contributed by atoms with Crippen LogP contribution in [0.1, 0.15) is 11.3 Å². The molecule has 0 saturated heterocycles. The van der Waals surface area contributed by atoms with Gasteiger partial charge in [0, 0.05) is 0 Å². The second-order valence-corrected chi connectivity index (χ2v) is 6.90. The van der Waals surface area contributed by atoms with Crippen LogP contribution in [-0.4, -0.2) is 8.42 Å². The molecule has 5 nitrogen and oxygen atoms in total. The maximum Gasteiger partial charge on any atom is 0.416 e. The van der Waals surface area contributed by atoms with Gasteiger partial charge in [-0.05, 0) is 36.4 Å². The number of hydrogen-bond acceptors (Lipinski definition) is 4. The highest BCUT2D eigenvalue weighted by Crippen LogP contribution is 2.30. The zero-order chi connectivity index (χ0) is 18.1. The number of benzene rings is 1. The van der Waals surface area contributed by atoms with Crippen molar-refractivity contribution in [2.45, 2.75) is 17.6 Å². The zero-order valence-corrected chi connectivity index (χ0v) is 13.4. The molecule has 1 N–H and O–H groups in total. The van der Waals surface area contributed by atoms with Gasteiger partial charge in [-0.2, -0.15) is 13.2 Å². The van der Waals surface area contributed by atoms with Crippen LogP contribution in [-0.2, 0) is 22.7 Å². The van der Waals surface area contributed by atoms with Crippen molar-refractivity contribution < 1.29 is 30.4 Å². The summed E-state index contributed by atoms with van der Waals surface area (Å²) in [6.07, 6.45) is -1.69. The number of rotatable bonds is 5. The maximum absolute atomic E-state index is 12.7. The Morgan fingerprint density at radius 1 is 1.08 bits per heavy atom. The third kappa shape index (κ3) is 3.94. The lowest BCUT2D eigenvalue weighted by Gasteiger charge is -2.09. The quantitative estimate of drug-likeness (QED) is 0.735. The summed E-state index contributed by atoms with van der Waals surface area (Å²) in [5.41, 5.74) is -0.345. The molecular formula is C16H12F3NO4S. The average molecular weight is 371 g/mol. The van der Waals surface area contributed by atoms with Crippen molar-refractivity contribution in [3.8, 4) is 11.3 Å². The summed E-state index contributed by atoms with van der Waals surface area (Å²) in [6, 6.07) is 8.41. The Kier molecular flexibility index (Phi) is 4.44. The van der Waals surface area contributed by atoms with Crippen LogP contribution in [0.4, 0.5) is 13.2 Å². The van der Waals surface area contributed by atoms with Gasteiger partial charge in [0.25, 0.3) is 0 Å². The Balaban J connectivity index is 1.74. The summed E-state index contributed by atoms with van der Waals surface area (Å²) in [6.45, 7) is -0.198. The van der Waals surface area contributed by atoms with Crippen LogP contribution in [0.3, 0.4) is 0 Å². The van der Waals surface area contributed by atoms with Crippen LogP contribution >= 0.6 is 0 Å². The molecule has 0 amide bonds. The van der Waals surface area contributed by atoms with Crippen molar-refractivity contribution in [2.75, 3.05) is 0 Å². The lowest BCUT2D eigenvalue weighted by molar-refractivity contribution is -0.137. The summed E-state index contributed by atoms with van der Waals surface area (Å²) in [4.78, 5) is -0.469. The van der Waals surface area contributed by atoms with Gasteiger partial charge in [-0.3, -0.25) is 0 Å². The topological polar surface area (TPSA) is 72.5 Å². The van der Waals surface area contributed by atoms with Gasteiger partial charge >= 0.3 is 6.18 Å². The van der Waals surface area contributed by atoms with Gasteiger partial charge in [0.2, 0.25) is 10.0 Å². The molecule has 0 fully saturated rings. The molecule has 2 aromatic heterocycles. The molecular weight excluding hydrogens is 359 g/mol. The van der Waals surface area contributed by atoms with Crippen molar-refractivity contribution in [2.24, 2.45) is 0 Å². The number of hydrogen-bond donors (Lipinski definition) is 1. The molecule has 0 spiro atoms. The zero-order valence-electron chi connectivity index (χ0n) is 12.6. The maximum atomic E-state index is 12.7. The SMILES string of the molecule is O=S(=O)(NCc1ccc(-c2ccoc2)o1)c1cccc(C(F)(F)F)c1. The Morgan fingerprint density at radius 2 is 1.88 bits per heavy atom. The van der Waals surface area contributed by atoms with E-state index in [4.69, 9.17) is 8.83 Å². The molecule has 3 rings (SSSR count). The molecule has 1 aromatic carbocycles. The monoisotopic (exact) mass is 371 g/mol. The summed E-state index contributed by atoms with van der Waals surface area (Å²) in [5, 5.41) is 0. The van der Waals surface area contributed by atoms with E-state index in [-0.39, 0.29) is 6.54 Å². The smallest absolute Gasteiger partial charge is 0.416 e. The molecule has 0 radical (unpaired) electrons. The Morgan fingerprint density at radius 3 is 2.56 bits per heavy atom. The Labute approximate surface area is 141 Å². The average Bonchev–Trinajstić information content (AvgIpc) is 3.23. The van der Waals surface area contributed by atoms with E-state index in [1.807, 2.05) is 0 Å². The van der Waals surface area contributed by atoms with Gasteiger partial charge in [0.05, 0.1) is 28.8 Å². The van der Waals surface area contributed by atoms with Crippen molar-refractivity contribution >= 4 is 10.0 Å². The minimum Gasteiger partial charge on any atom is -0.472 e. The predicted molar refractivity (Wildman–Crippen MR) is 81.9 cm³/mol. The van der Waals surface area contributed by atoms with E-state index in [2.05, 4.69) is 4.72 Å². The van der Waals surface area contributed by atoms with Gasteiger partial charge in [0.1, 0.15) is 17.8 Å². The molecule has 2 heterocycles. The first-order chi connectivity index (χ1) is 11.8. The first-order valence-electron chi connectivity index (χ1n) is 7.04. The van der Waals surface area contributed by atoms with Crippen molar-refractivity contribution in [3.63, 3.8) is 0 Å². The van der Waals surface area contributed by atoms with Gasteiger partial charge in [0.15, 0.2) is 0 Å². The second kappa shape index (κ2) is 6.41. The van der Waals surface area contributed by atoms with Crippen LogP contribution < -0.4 is 4.72 Å². The largest absolute Gasteiger partial charge is 0.472 e. The van der Waals surface area contributed by atoms with Crippen molar-refractivity contribution in [1.29, 1.82) is 0 Å². The normalized spacial score (nSPS) is 12.4. The fourth-order valence-electron chi connectivity index (χ4n) is 2.12. The van der Waals surface area contributed by atoms with Crippen LogP contribution in [0.5, 0.6) is 0 Å². The lowest BCUT2D eigenvalue weighted by Crippen LogP contribution is -2.23. The predicted octanol–water partition coefficient (Wildman–Crippen LogP) is 4.04. The third-order valence-corrected chi connectivity index (χ3v) is 4.77. The van der Waals surface area contributed by atoms with E-state index in [0.29, 0.717) is 23.2 Å². The number of alkyl halides is 3. The van der Waals surface area contributed by atoms with Crippen LogP contribution in [0, 0.1) is 0 Å². The van der Waals surface area contributed by atoms with E-state index < -0.39 is 26.7 Å². The van der Waals surface area contributed by atoms with Crippen LogP contribution in [0.2, 0.25) is 0 Å². The number of halogens is 3. The summed E-state index contributed by atoms with van der Waals surface area (Å²) in [5.74, 6) is 0.800. The molecule has 0 saturated carbocycles. The minimum atomic E-state index is -4.62. The lowest BCUT2D eigenvalue weighted by atomic mass is 10.2. The molecule has 0 aliphatic heterocycles. The van der Waals surface area contributed by atoms with Gasteiger partial charge < -0.3 is 8.83 Å². The van der Waals surface area contributed by atoms with Gasteiger partial charge in [-0.1, -0.05) is 6.07 Å². The van der Waals surface area contributed by atoms with Crippen molar-refractivity contribution in [3.05, 3.63) is 66.3 Å². The number of furan rings is 2. The van der Waals surface area contributed by atoms with E-state index in [1.165, 1.54) is 12.5 Å². The fourth-order valence-corrected chi connectivity index (χ4v) is 3.16. The minimum absolute atomic E-state index is 0.198. The highest BCUT2D eigenvalue weighted by Gasteiger charge is 2.31. The molecule has 0 atom stereocenters. The molecule has 132 valence electrons. The molecule has 9 heteroatoms. The Bertz CT molecular complexity index is 959. The fraction of sp³-hybridized carbons (Fsp3) is 0.125. The second-order valence-electron chi connectivity index (χ2n) is 5.13. The van der Waals surface area contributed by atoms with Crippen LogP contribution in [0.25, 0.3) is 11.3 Å². The van der Waals surface area contributed by atoms with Gasteiger partial charge in [-0.25, -0.2) is 13.1 Å². The molecule has 0 unspecified atom stereocenters.